The summed E-state index contributed by atoms with van der Waals surface area (Å²) in [5.41, 5.74) is 0.738. The minimum atomic E-state index is 0.0494. The molecule has 0 atom stereocenters. The minimum Gasteiger partial charge on any atom is -0.335 e. The molecule has 0 saturated carbocycles. The van der Waals surface area contributed by atoms with Gasteiger partial charge in [-0.1, -0.05) is 0 Å². The van der Waals surface area contributed by atoms with Crippen LogP contribution in [0.3, 0.4) is 0 Å². The molecule has 2 amide bonds. The molecule has 0 N–H and O–H groups in total. The fourth-order valence-corrected chi connectivity index (χ4v) is 4.25. The average Bonchev–Trinajstić information content (AvgIpc) is 3.17. The van der Waals surface area contributed by atoms with Crippen LogP contribution in [-0.2, 0) is 0 Å². The molecule has 110 valence electrons. The Morgan fingerprint density at radius 1 is 1.00 bits per heavy atom. The number of hydrogen-bond donors (Lipinski definition) is 0. The maximum atomic E-state index is 12.3. The molecule has 1 aliphatic heterocycles. The molecule has 21 heavy (non-hydrogen) atoms. The molecule has 7 heteroatoms. The highest BCUT2D eigenvalue weighted by Gasteiger charge is 2.26. The molecule has 0 unspecified atom stereocenters. The number of carbonyl (C=O) groups excluding carboxylic acids is 2. The van der Waals surface area contributed by atoms with Crippen LogP contribution in [0.15, 0.2) is 32.7 Å². The third-order valence-electron chi connectivity index (χ3n) is 3.41. The summed E-state index contributed by atoms with van der Waals surface area (Å²) in [7, 11) is 0. The molecule has 1 aliphatic rings. The predicted octanol–water partition coefficient (Wildman–Crippen LogP) is 3.17. The molecule has 3 rings (SSSR count). The lowest BCUT2D eigenvalue weighted by Crippen LogP contribution is -2.50. The Labute approximate surface area is 139 Å². The highest BCUT2D eigenvalue weighted by molar-refractivity contribution is 9.11. The number of halogens is 1. The van der Waals surface area contributed by atoms with Gasteiger partial charge in [-0.15, -0.1) is 11.3 Å². The molecule has 0 radical (unpaired) electrons. The number of nitrogens with zero attached hydrogens (tertiary/aromatic N) is 2. The summed E-state index contributed by atoms with van der Waals surface area (Å²) in [4.78, 5) is 28.9. The van der Waals surface area contributed by atoms with Gasteiger partial charge in [0.15, 0.2) is 0 Å². The smallest absolute Gasteiger partial charge is 0.264 e. The Morgan fingerprint density at radius 2 is 1.67 bits per heavy atom. The molecule has 3 heterocycles. The van der Waals surface area contributed by atoms with Crippen molar-refractivity contribution in [1.29, 1.82) is 0 Å². The highest BCUT2D eigenvalue weighted by atomic mass is 79.9. The maximum absolute atomic E-state index is 12.3. The molecule has 4 nitrogen and oxygen atoms in total. The maximum Gasteiger partial charge on any atom is 0.264 e. The van der Waals surface area contributed by atoms with Crippen molar-refractivity contribution in [1.82, 2.24) is 9.80 Å². The summed E-state index contributed by atoms with van der Waals surface area (Å²) in [5, 5.41) is 3.77. The van der Waals surface area contributed by atoms with Crippen LogP contribution < -0.4 is 0 Å². The number of rotatable bonds is 2. The van der Waals surface area contributed by atoms with Crippen molar-refractivity contribution in [2.45, 2.75) is 0 Å². The van der Waals surface area contributed by atoms with E-state index in [0.29, 0.717) is 26.2 Å². The zero-order valence-electron chi connectivity index (χ0n) is 11.1. The zero-order valence-corrected chi connectivity index (χ0v) is 14.3. The van der Waals surface area contributed by atoms with E-state index in [4.69, 9.17) is 0 Å². The molecule has 1 fully saturated rings. The molecule has 0 spiro atoms. The van der Waals surface area contributed by atoms with Crippen LogP contribution in [0.5, 0.6) is 0 Å². The van der Waals surface area contributed by atoms with E-state index in [-0.39, 0.29) is 11.8 Å². The van der Waals surface area contributed by atoms with Crippen molar-refractivity contribution in [3.63, 3.8) is 0 Å². The Morgan fingerprint density at radius 3 is 2.19 bits per heavy atom. The minimum absolute atomic E-state index is 0.0494. The molecule has 0 aliphatic carbocycles. The number of carbonyl (C=O) groups is 2. The quantitative estimate of drug-likeness (QED) is 0.797. The molecular weight excluding hydrogens is 372 g/mol. The van der Waals surface area contributed by atoms with Crippen LogP contribution >= 0.6 is 38.6 Å². The summed E-state index contributed by atoms with van der Waals surface area (Å²) in [6.07, 6.45) is 0. The number of thiophene rings is 2. The van der Waals surface area contributed by atoms with E-state index < -0.39 is 0 Å². The van der Waals surface area contributed by atoms with E-state index in [2.05, 4.69) is 15.9 Å². The summed E-state index contributed by atoms with van der Waals surface area (Å²) in [5.74, 6) is 0.107. The van der Waals surface area contributed by atoms with Crippen LogP contribution in [0.25, 0.3) is 0 Å². The average molecular weight is 385 g/mol. The van der Waals surface area contributed by atoms with Gasteiger partial charge in [0.2, 0.25) is 0 Å². The van der Waals surface area contributed by atoms with Gasteiger partial charge < -0.3 is 9.80 Å². The lowest BCUT2D eigenvalue weighted by atomic mass is 10.2. The lowest BCUT2D eigenvalue weighted by molar-refractivity contribution is 0.0538. The van der Waals surface area contributed by atoms with Gasteiger partial charge in [0.25, 0.3) is 11.8 Å². The van der Waals surface area contributed by atoms with Gasteiger partial charge in [0.1, 0.15) is 0 Å². The first-order chi connectivity index (χ1) is 10.1. The second-order valence-corrected chi connectivity index (χ2v) is 7.94. The largest absolute Gasteiger partial charge is 0.335 e. The molecule has 2 aromatic heterocycles. The monoisotopic (exact) mass is 384 g/mol. The van der Waals surface area contributed by atoms with Gasteiger partial charge in [-0.3, -0.25) is 9.59 Å². The van der Waals surface area contributed by atoms with Gasteiger partial charge in [0, 0.05) is 31.6 Å². The van der Waals surface area contributed by atoms with Gasteiger partial charge in [0.05, 0.1) is 14.2 Å². The molecule has 0 bridgehead atoms. The van der Waals surface area contributed by atoms with Crippen molar-refractivity contribution in [2.75, 3.05) is 26.2 Å². The first-order valence-electron chi connectivity index (χ1n) is 6.51. The summed E-state index contributed by atoms with van der Waals surface area (Å²) in [6.45, 7) is 2.36. The van der Waals surface area contributed by atoms with Crippen molar-refractivity contribution < 1.29 is 9.59 Å². The summed E-state index contributed by atoms with van der Waals surface area (Å²) in [6, 6.07) is 5.56. The van der Waals surface area contributed by atoms with Gasteiger partial charge in [-0.2, -0.15) is 11.3 Å². The summed E-state index contributed by atoms with van der Waals surface area (Å²) >= 11 is 6.33. The van der Waals surface area contributed by atoms with Crippen molar-refractivity contribution in [2.24, 2.45) is 0 Å². The van der Waals surface area contributed by atoms with E-state index in [0.717, 1.165) is 14.2 Å². The summed E-state index contributed by atoms with van der Waals surface area (Å²) < 4.78 is 0.956. The third kappa shape index (κ3) is 3.20. The van der Waals surface area contributed by atoms with Crippen LogP contribution in [-0.4, -0.2) is 47.8 Å². The second kappa shape index (κ2) is 6.29. The van der Waals surface area contributed by atoms with E-state index in [1.54, 1.807) is 0 Å². The highest BCUT2D eigenvalue weighted by Crippen LogP contribution is 2.24. The fraction of sp³-hybridized carbons (Fsp3) is 0.286. The Balaban J connectivity index is 1.60. The topological polar surface area (TPSA) is 40.6 Å². The van der Waals surface area contributed by atoms with Crippen LogP contribution in [0.4, 0.5) is 0 Å². The van der Waals surface area contributed by atoms with Crippen molar-refractivity contribution in [3.05, 3.63) is 43.2 Å². The van der Waals surface area contributed by atoms with Crippen LogP contribution in [0.1, 0.15) is 20.0 Å². The third-order valence-corrected chi connectivity index (χ3v) is 5.70. The van der Waals surface area contributed by atoms with Crippen LogP contribution in [0, 0.1) is 0 Å². The Bertz CT molecular complexity index is 646. The first kappa shape index (κ1) is 14.7. The number of amides is 2. The Kier molecular flexibility index (Phi) is 4.42. The predicted molar refractivity (Wildman–Crippen MR) is 88.1 cm³/mol. The van der Waals surface area contributed by atoms with Gasteiger partial charge >= 0.3 is 0 Å². The number of hydrogen-bond acceptors (Lipinski definition) is 4. The van der Waals surface area contributed by atoms with E-state index in [1.165, 1.54) is 22.7 Å². The lowest BCUT2D eigenvalue weighted by Gasteiger charge is -2.34. The first-order valence-corrected chi connectivity index (χ1v) is 9.06. The molecule has 2 aromatic rings. The fourth-order valence-electron chi connectivity index (χ4n) is 2.27. The van der Waals surface area contributed by atoms with Gasteiger partial charge in [-0.25, -0.2) is 0 Å². The van der Waals surface area contributed by atoms with Crippen molar-refractivity contribution in [3.8, 4) is 0 Å². The standard InChI is InChI=1S/C14H13BrN2O2S2/c15-12-2-1-11(21-12)14(19)17-6-4-16(5-7-17)13(18)10-3-8-20-9-10/h1-3,8-9H,4-7H2. The number of piperazine rings is 1. The van der Waals surface area contributed by atoms with Crippen molar-refractivity contribution >= 4 is 50.4 Å². The van der Waals surface area contributed by atoms with Crippen LogP contribution in [0.2, 0.25) is 0 Å². The second-order valence-electron chi connectivity index (χ2n) is 4.70. The molecule has 0 aromatic carbocycles. The molecular formula is C14H13BrN2O2S2. The normalized spacial score (nSPS) is 15.3. The van der Waals surface area contributed by atoms with E-state index >= 15 is 0 Å². The van der Waals surface area contributed by atoms with E-state index in [9.17, 15) is 9.59 Å². The molecule has 1 saturated heterocycles. The van der Waals surface area contributed by atoms with E-state index in [1.807, 2.05) is 38.8 Å². The Hall–Kier alpha value is -1.18. The zero-order chi connectivity index (χ0) is 14.8. The van der Waals surface area contributed by atoms with Gasteiger partial charge in [-0.05, 0) is 39.5 Å². The SMILES string of the molecule is O=C(c1ccsc1)N1CCN(C(=O)c2ccc(Br)s2)CC1.